The first kappa shape index (κ1) is 15.2. The number of likely N-dealkylation sites (N-methyl/N-ethyl adjacent to an activating group) is 1. The summed E-state index contributed by atoms with van der Waals surface area (Å²) >= 11 is 7.10. The van der Waals surface area contributed by atoms with Crippen LogP contribution in [0.3, 0.4) is 0 Å². The van der Waals surface area contributed by atoms with Gasteiger partial charge in [0.2, 0.25) is 0 Å². The molecule has 0 saturated carbocycles. The molecule has 1 aromatic carbocycles. The van der Waals surface area contributed by atoms with Crippen LogP contribution in [0.15, 0.2) is 27.1 Å². The molecule has 0 aliphatic carbocycles. The Kier molecular flexibility index (Phi) is 7.35. The molecule has 17 heavy (non-hydrogen) atoms. The van der Waals surface area contributed by atoms with E-state index in [0.29, 0.717) is 0 Å². The summed E-state index contributed by atoms with van der Waals surface area (Å²) in [6, 6.07) is 6.30. The van der Waals surface area contributed by atoms with Crippen molar-refractivity contribution >= 4 is 31.9 Å². The molecule has 0 aromatic heterocycles. The van der Waals surface area contributed by atoms with E-state index in [1.807, 2.05) is 0 Å². The molecule has 0 amide bonds. The van der Waals surface area contributed by atoms with Gasteiger partial charge in [0.05, 0.1) is 0 Å². The molecule has 0 aliphatic heterocycles. The number of halogens is 2. The van der Waals surface area contributed by atoms with Crippen LogP contribution in [0.2, 0.25) is 0 Å². The van der Waals surface area contributed by atoms with Crippen molar-refractivity contribution in [1.29, 1.82) is 0 Å². The average molecular weight is 364 g/mol. The van der Waals surface area contributed by atoms with Crippen molar-refractivity contribution in [2.24, 2.45) is 0 Å². The van der Waals surface area contributed by atoms with E-state index in [1.54, 1.807) is 0 Å². The number of hydrogen-bond donors (Lipinski definition) is 1. The summed E-state index contributed by atoms with van der Waals surface area (Å²) in [5, 5.41) is 3.42. The summed E-state index contributed by atoms with van der Waals surface area (Å²) in [6.07, 6.45) is 1.20. The third-order valence-corrected chi connectivity index (χ3v) is 3.81. The lowest BCUT2D eigenvalue weighted by Crippen LogP contribution is -2.29. The molecule has 0 saturated heterocycles. The molecule has 4 heteroatoms. The Morgan fingerprint density at radius 2 is 2.00 bits per heavy atom. The zero-order valence-electron chi connectivity index (χ0n) is 10.5. The van der Waals surface area contributed by atoms with Crippen molar-refractivity contribution in [2.75, 3.05) is 26.7 Å². The van der Waals surface area contributed by atoms with Crippen LogP contribution < -0.4 is 5.32 Å². The van der Waals surface area contributed by atoms with Crippen LogP contribution in [0.25, 0.3) is 0 Å². The van der Waals surface area contributed by atoms with E-state index in [-0.39, 0.29) is 0 Å². The van der Waals surface area contributed by atoms with E-state index < -0.39 is 0 Å². The number of nitrogens with zero attached hydrogens (tertiary/aromatic N) is 1. The van der Waals surface area contributed by atoms with Gasteiger partial charge in [-0.3, -0.25) is 0 Å². The van der Waals surface area contributed by atoms with Gasteiger partial charge in [0, 0.05) is 28.6 Å². The number of nitrogens with one attached hydrogen (secondary N) is 1. The quantitative estimate of drug-likeness (QED) is 0.744. The lowest BCUT2D eigenvalue weighted by atomic mass is 10.2. The van der Waals surface area contributed by atoms with Crippen molar-refractivity contribution in [1.82, 2.24) is 10.2 Å². The van der Waals surface area contributed by atoms with Crippen molar-refractivity contribution in [3.05, 3.63) is 32.7 Å². The molecule has 0 fully saturated rings. The predicted molar refractivity (Wildman–Crippen MR) is 81.3 cm³/mol. The molecular formula is C13H20Br2N2. The van der Waals surface area contributed by atoms with Gasteiger partial charge in [-0.25, -0.2) is 0 Å². The summed E-state index contributed by atoms with van der Waals surface area (Å²) < 4.78 is 2.31. The maximum absolute atomic E-state index is 3.59. The highest BCUT2D eigenvalue weighted by Gasteiger charge is 2.04. The molecule has 0 heterocycles. The van der Waals surface area contributed by atoms with Crippen molar-refractivity contribution in [3.63, 3.8) is 0 Å². The Labute approximate surface area is 121 Å². The van der Waals surface area contributed by atoms with E-state index in [2.05, 4.69) is 74.2 Å². The minimum Gasteiger partial charge on any atom is -0.315 e. The van der Waals surface area contributed by atoms with E-state index in [4.69, 9.17) is 0 Å². The standard InChI is InChI=1S/C13H20Br2N2/c1-3-6-16-7-8-17(2)10-11-9-12(14)4-5-13(11)15/h4-5,9,16H,3,6-8,10H2,1-2H3. The molecule has 0 unspecified atom stereocenters. The summed E-state index contributed by atoms with van der Waals surface area (Å²) in [7, 11) is 2.15. The fourth-order valence-electron chi connectivity index (χ4n) is 1.61. The molecule has 1 aromatic rings. The molecule has 0 aliphatic rings. The van der Waals surface area contributed by atoms with Crippen molar-refractivity contribution < 1.29 is 0 Å². The second kappa shape index (κ2) is 8.25. The van der Waals surface area contributed by atoms with Crippen LogP contribution in [0.5, 0.6) is 0 Å². The lowest BCUT2D eigenvalue weighted by molar-refractivity contribution is 0.324. The molecular weight excluding hydrogens is 344 g/mol. The van der Waals surface area contributed by atoms with Gasteiger partial charge in [0.15, 0.2) is 0 Å². The molecule has 0 atom stereocenters. The molecule has 2 nitrogen and oxygen atoms in total. The minimum absolute atomic E-state index is 0.966. The Hall–Kier alpha value is 0.1000. The first-order valence-corrected chi connectivity index (χ1v) is 7.55. The second-order valence-electron chi connectivity index (χ2n) is 4.22. The van der Waals surface area contributed by atoms with E-state index in [9.17, 15) is 0 Å². The smallest absolute Gasteiger partial charge is 0.0242 e. The summed E-state index contributed by atoms with van der Waals surface area (Å²) in [6.45, 7) is 6.38. The number of rotatable bonds is 7. The van der Waals surface area contributed by atoms with Gasteiger partial charge in [-0.15, -0.1) is 0 Å². The molecule has 0 spiro atoms. The van der Waals surface area contributed by atoms with Gasteiger partial charge in [-0.1, -0.05) is 38.8 Å². The highest BCUT2D eigenvalue weighted by molar-refractivity contribution is 9.11. The van der Waals surface area contributed by atoms with Crippen LogP contribution in [0.4, 0.5) is 0 Å². The maximum Gasteiger partial charge on any atom is 0.0242 e. The van der Waals surface area contributed by atoms with E-state index >= 15 is 0 Å². The lowest BCUT2D eigenvalue weighted by Gasteiger charge is -2.18. The highest BCUT2D eigenvalue weighted by atomic mass is 79.9. The monoisotopic (exact) mass is 362 g/mol. The SMILES string of the molecule is CCCNCCN(C)Cc1cc(Br)ccc1Br. The normalized spacial score (nSPS) is 11.1. The first-order chi connectivity index (χ1) is 8.13. The van der Waals surface area contributed by atoms with Gasteiger partial charge >= 0.3 is 0 Å². The molecule has 1 N–H and O–H groups in total. The minimum atomic E-state index is 0.966. The van der Waals surface area contributed by atoms with Crippen molar-refractivity contribution in [2.45, 2.75) is 19.9 Å². The summed E-state index contributed by atoms with van der Waals surface area (Å²) in [4.78, 5) is 2.33. The molecule has 0 bridgehead atoms. The zero-order valence-corrected chi connectivity index (χ0v) is 13.6. The maximum atomic E-state index is 3.59. The topological polar surface area (TPSA) is 15.3 Å². The predicted octanol–water partition coefficient (Wildman–Crippen LogP) is 3.64. The van der Waals surface area contributed by atoms with Gasteiger partial charge in [0.1, 0.15) is 0 Å². The Balaban J connectivity index is 2.39. The largest absolute Gasteiger partial charge is 0.315 e. The summed E-state index contributed by atoms with van der Waals surface area (Å²) in [5.41, 5.74) is 1.32. The fourth-order valence-corrected chi connectivity index (χ4v) is 2.39. The third-order valence-electron chi connectivity index (χ3n) is 2.55. The first-order valence-electron chi connectivity index (χ1n) is 5.96. The van der Waals surface area contributed by atoms with Gasteiger partial charge in [-0.2, -0.15) is 0 Å². The van der Waals surface area contributed by atoms with Crippen molar-refractivity contribution in [3.8, 4) is 0 Å². The second-order valence-corrected chi connectivity index (χ2v) is 5.99. The van der Waals surface area contributed by atoms with Gasteiger partial charge < -0.3 is 10.2 Å². The van der Waals surface area contributed by atoms with Gasteiger partial charge in [-0.05, 0) is 43.8 Å². The van der Waals surface area contributed by atoms with Crippen LogP contribution in [-0.2, 0) is 6.54 Å². The summed E-state index contributed by atoms with van der Waals surface area (Å²) in [5.74, 6) is 0. The molecule has 0 radical (unpaired) electrons. The van der Waals surface area contributed by atoms with E-state index in [0.717, 1.165) is 30.7 Å². The Bertz CT molecular complexity index is 342. The zero-order chi connectivity index (χ0) is 12.7. The highest BCUT2D eigenvalue weighted by Crippen LogP contribution is 2.22. The average Bonchev–Trinajstić information content (AvgIpc) is 2.29. The van der Waals surface area contributed by atoms with E-state index in [1.165, 1.54) is 16.5 Å². The van der Waals surface area contributed by atoms with Crippen LogP contribution >= 0.6 is 31.9 Å². The van der Waals surface area contributed by atoms with Crippen LogP contribution in [0.1, 0.15) is 18.9 Å². The third kappa shape index (κ3) is 6.00. The van der Waals surface area contributed by atoms with Crippen LogP contribution in [0, 0.1) is 0 Å². The molecule has 1 rings (SSSR count). The Morgan fingerprint density at radius 3 is 2.71 bits per heavy atom. The van der Waals surface area contributed by atoms with Gasteiger partial charge in [0.25, 0.3) is 0 Å². The number of benzene rings is 1. The Morgan fingerprint density at radius 1 is 1.24 bits per heavy atom. The van der Waals surface area contributed by atoms with Crippen LogP contribution in [-0.4, -0.2) is 31.6 Å². The fraction of sp³-hybridized carbons (Fsp3) is 0.538. The number of hydrogen-bond acceptors (Lipinski definition) is 2. The molecule has 96 valence electrons.